The molecule has 6 heteroatoms. The van der Waals surface area contributed by atoms with E-state index in [4.69, 9.17) is 4.74 Å². The number of alkyl halides is 3. The second kappa shape index (κ2) is 4.78. The molecule has 1 fully saturated rings. The van der Waals surface area contributed by atoms with Gasteiger partial charge in [0.05, 0.1) is 12.2 Å². The molecular weight excluding hydrogens is 247 g/mol. The van der Waals surface area contributed by atoms with Gasteiger partial charge in [-0.15, -0.1) is 13.2 Å². The van der Waals surface area contributed by atoms with Gasteiger partial charge in [0.25, 0.3) is 0 Å². The van der Waals surface area contributed by atoms with E-state index in [1.54, 1.807) is 12.1 Å². The quantitative estimate of drug-likeness (QED) is 0.903. The summed E-state index contributed by atoms with van der Waals surface area (Å²) >= 11 is 0. The molecule has 100 valence electrons. The first-order chi connectivity index (χ1) is 8.36. The third-order valence-corrected chi connectivity index (χ3v) is 2.74. The second-order valence-electron chi connectivity index (χ2n) is 4.53. The van der Waals surface area contributed by atoms with Crippen molar-refractivity contribution in [1.29, 1.82) is 0 Å². The average Bonchev–Trinajstić information content (AvgIpc) is 2.23. The van der Waals surface area contributed by atoms with Gasteiger partial charge >= 0.3 is 6.36 Å². The van der Waals surface area contributed by atoms with Crippen molar-refractivity contribution >= 4 is 0 Å². The zero-order valence-corrected chi connectivity index (χ0v) is 9.88. The average molecular weight is 261 g/mol. The molecule has 0 aliphatic carbocycles. The predicted molar refractivity (Wildman–Crippen MR) is 59.2 cm³/mol. The van der Waals surface area contributed by atoms with Crippen molar-refractivity contribution in [2.24, 2.45) is 0 Å². The highest BCUT2D eigenvalue weighted by Gasteiger charge is 2.32. The number of hydrogen-bond donors (Lipinski definition) is 1. The van der Waals surface area contributed by atoms with E-state index in [0.717, 1.165) is 18.7 Å². The third-order valence-electron chi connectivity index (χ3n) is 2.74. The van der Waals surface area contributed by atoms with Gasteiger partial charge in [-0.05, 0) is 24.6 Å². The van der Waals surface area contributed by atoms with Crippen molar-refractivity contribution in [3.63, 3.8) is 0 Å². The fraction of sp³-hybridized carbons (Fsp3) is 0.500. The van der Waals surface area contributed by atoms with Crippen LogP contribution in [0, 0.1) is 0 Å². The van der Waals surface area contributed by atoms with Crippen LogP contribution in [0.3, 0.4) is 0 Å². The van der Waals surface area contributed by atoms with Gasteiger partial charge in [-0.1, -0.05) is 12.1 Å². The van der Waals surface area contributed by atoms with Gasteiger partial charge in [0, 0.05) is 13.1 Å². The highest BCUT2D eigenvalue weighted by atomic mass is 19.4. The summed E-state index contributed by atoms with van der Waals surface area (Å²) in [5, 5.41) is 3.10. The van der Waals surface area contributed by atoms with Crippen LogP contribution in [-0.4, -0.2) is 25.1 Å². The molecule has 1 aliphatic rings. The Balaban J connectivity index is 1.87. The molecule has 1 saturated heterocycles. The van der Waals surface area contributed by atoms with Crippen LogP contribution in [0.25, 0.3) is 0 Å². The molecule has 1 heterocycles. The Morgan fingerprint density at radius 3 is 2.28 bits per heavy atom. The molecule has 0 bridgehead atoms. The van der Waals surface area contributed by atoms with E-state index in [1.807, 2.05) is 6.92 Å². The summed E-state index contributed by atoms with van der Waals surface area (Å²) in [6.45, 7) is 3.96. The predicted octanol–water partition coefficient (Wildman–Crippen LogP) is 2.46. The van der Waals surface area contributed by atoms with Crippen molar-refractivity contribution in [1.82, 2.24) is 5.32 Å². The summed E-state index contributed by atoms with van der Waals surface area (Å²) in [6.07, 6.45) is -4.65. The Labute approximate surface area is 103 Å². The fourth-order valence-corrected chi connectivity index (χ4v) is 1.62. The Hall–Kier alpha value is -1.27. The van der Waals surface area contributed by atoms with Crippen molar-refractivity contribution in [2.75, 3.05) is 13.1 Å². The van der Waals surface area contributed by atoms with E-state index in [0.29, 0.717) is 6.61 Å². The van der Waals surface area contributed by atoms with E-state index in [1.165, 1.54) is 12.1 Å². The summed E-state index contributed by atoms with van der Waals surface area (Å²) in [5.74, 6) is -0.220. The molecule has 0 amide bonds. The summed E-state index contributed by atoms with van der Waals surface area (Å²) < 4.78 is 45.3. The highest BCUT2D eigenvalue weighted by Crippen LogP contribution is 2.24. The topological polar surface area (TPSA) is 30.5 Å². The van der Waals surface area contributed by atoms with Gasteiger partial charge in [-0.2, -0.15) is 0 Å². The maximum atomic E-state index is 11.9. The summed E-state index contributed by atoms with van der Waals surface area (Å²) in [4.78, 5) is 0. The Morgan fingerprint density at radius 1 is 1.22 bits per heavy atom. The Morgan fingerprint density at radius 2 is 1.83 bits per heavy atom. The molecular formula is C12H14F3NO2. The fourth-order valence-electron chi connectivity index (χ4n) is 1.62. The van der Waals surface area contributed by atoms with E-state index in [-0.39, 0.29) is 11.4 Å². The van der Waals surface area contributed by atoms with Gasteiger partial charge in [0.2, 0.25) is 0 Å². The van der Waals surface area contributed by atoms with Crippen molar-refractivity contribution in [2.45, 2.75) is 25.5 Å². The van der Waals surface area contributed by atoms with Crippen LogP contribution in [0.15, 0.2) is 24.3 Å². The number of halogens is 3. The summed E-state index contributed by atoms with van der Waals surface area (Å²) in [6, 6.07) is 5.70. The first-order valence-electron chi connectivity index (χ1n) is 5.56. The molecule has 1 aliphatic heterocycles. The van der Waals surface area contributed by atoms with Crippen molar-refractivity contribution in [3.05, 3.63) is 29.8 Å². The standard InChI is InChI=1S/C12H14F3NO2/c1-11(7-16-8-11)17-6-9-2-4-10(5-3-9)18-12(13,14)15/h2-5,16H,6-8H2,1H3. The lowest BCUT2D eigenvalue weighted by atomic mass is 10.00. The first-order valence-corrected chi connectivity index (χ1v) is 5.56. The molecule has 0 atom stereocenters. The molecule has 0 unspecified atom stereocenters. The maximum absolute atomic E-state index is 11.9. The lowest BCUT2D eigenvalue weighted by Crippen LogP contribution is -2.58. The van der Waals surface area contributed by atoms with E-state index >= 15 is 0 Å². The van der Waals surface area contributed by atoms with Crippen molar-refractivity contribution < 1.29 is 22.6 Å². The monoisotopic (exact) mass is 261 g/mol. The molecule has 1 aromatic carbocycles. The molecule has 0 spiro atoms. The lowest BCUT2D eigenvalue weighted by Gasteiger charge is -2.39. The molecule has 3 nitrogen and oxygen atoms in total. The number of nitrogens with one attached hydrogen (secondary N) is 1. The van der Waals surface area contributed by atoms with Crippen LogP contribution in [0.2, 0.25) is 0 Å². The second-order valence-corrected chi connectivity index (χ2v) is 4.53. The minimum absolute atomic E-state index is 0.166. The van der Waals surface area contributed by atoms with Crippen molar-refractivity contribution in [3.8, 4) is 5.75 Å². The van der Waals surface area contributed by atoms with Crippen LogP contribution in [-0.2, 0) is 11.3 Å². The normalized spacial score (nSPS) is 18.2. The summed E-state index contributed by atoms with van der Waals surface area (Å²) in [5.41, 5.74) is 0.652. The summed E-state index contributed by atoms with van der Waals surface area (Å²) in [7, 11) is 0. The molecule has 1 N–H and O–H groups in total. The minimum atomic E-state index is -4.65. The van der Waals surface area contributed by atoms with E-state index in [9.17, 15) is 13.2 Å². The first kappa shape index (κ1) is 13.2. The van der Waals surface area contributed by atoms with E-state index in [2.05, 4.69) is 10.1 Å². The largest absolute Gasteiger partial charge is 0.573 e. The maximum Gasteiger partial charge on any atom is 0.573 e. The third kappa shape index (κ3) is 3.61. The SMILES string of the molecule is CC1(OCc2ccc(OC(F)(F)F)cc2)CNC1. The highest BCUT2D eigenvalue weighted by molar-refractivity contribution is 5.27. The number of ether oxygens (including phenoxy) is 2. The molecule has 1 aromatic rings. The van der Waals surface area contributed by atoms with Crippen LogP contribution < -0.4 is 10.1 Å². The van der Waals surface area contributed by atoms with Crippen LogP contribution in [0.4, 0.5) is 13.2 Å². The van der Waals surface area contributed by atoms with Gasteiger partial charge < -0.3 is 14.8 Å². The van der Waals surface area contributed by atoms with Gasteiger partial charge in [-0.25, -0.2) is 0 Å². The van der Waals surface area contributed by atoms with Gasteiger partial charge in [0.1, 0.15) is 5.75 Å². The number of hydrogen-bond acceptors (Lipinski definition) is 3. The molecule has 0 saturated carbocycles. The zero-order chi connectivity index (χ0) is 13.2. The van der Waals surface area contributed by atoms with Crippen LogP contribution in [0.1, 0.15) is 12.5 Å². The van der Waals surface area contributed by atoms with Crippen LogP contribution in [0.5, 0.6) is 5.75 Å². The Kier molecular flexibility index (Phi) is 3.49. The van der Waals surface area contributed by atoms with E-state index < -0.39 is 6.36 Å². The minimum Gasteiger partial charge on any atom is -0.406 e. The smallest absolute Gasteiger partial charge is 0.406 e. The number of benzene rings is 1. The molecule has 18 heavy (non-hydrogen) atoms. The van der Waals surface area contributed by atoms with Gasteiger partial charge in [-0.3, -0.25) is 0 Å². The Bertz CT molecular complexity index is 399. The zero-order valence-electron chi connectivity index (χ0n) is 9.88. The lowest BCUT2D eigenvalue weighted by molar-refractivity contribution is -0.274. The van der Waals surface area contributed by atoms with Gasteiger partial charge in [0.15, 0.2) is 0 Å². The number of rotatable bonds is 4. The van der Waals surface area contributed by atoms with Crippen LogP contribution >= 0.6 is 0 Å². The molecule has 0 aromatic heterocycles. The molecule has 0 radical (unpaired) electrons. The molecule has 2 rings (SSSR count).